The van der Waals surface area contributed by atoms with Crippen molar-refractivity contribution in [2.45, 2.75) is 42.7 Å². The average Bonchev–Trinajstić information content (AvgIpc) is 3.29. The maximum Gasteiger partial charge on any atom is 0.235 e. The first kappa shape index (κ1) is 20.4. The molecule has 156 valence electrons. The number of benzene rings is 2. The SMILES string of the molecule is COc1ccc(C2(C(=O)Nc3cccc(-n4nnnc4SC)c3)CCCCC2)cc1. The normalized spacial score (nSPS) is 15.5. The topological polar surface area (TPSA) is 81.9 Å². The zero-order chi connectivity index (χ0) is 21.0. The molecule has 1 amide bonds. The third-order valence-corrected chi connectivity index (χ3v) is 6.38. The Morgan fingerprint density at radius 1 is 1.13 bits per heavy atom. The van der Waals surface area contributed by atoms with E-state index in [-0.39, 0.29) is 5.91 Å². The molecule has 1 aliphatic carbocycles. The highest BCUT2D eigenvalue weighted by atomic mass is 32.2. The Morgan fingerprint density at radius 2 is 1.90 bits per heavy atom. The van der Waals surface area contributed by atoms with Gasteiger partial charge in [0.1, 0.15) is 5.75 Å². The van der Waals surface area contributed by atoms with Crippen molar-refractivity contribution in [3.63, 3.8) is 0 Å². The van der Waals surface area contributed by atoms with Crippen molar-refractivity contribution in [2.75, 3.05) is 18.7 Å². The molecule has 1 heterocycles. The van der Waals surface area contributed by atoms with E-state index in [1.807, 2.05) is 54.8 Å². The lowest BCUT2D eigenvalue weighted by Crippen LogP contribution is -2.42. The Balaban J connectivity index is 1.62. The Labute approximate surface area is 180 Å². The lowest BCUT2D eigenvalue weighted by molar-refractivity contribution is -0.122. The number of ether oxygens (including phenoxy) is 1. The molecule has 4 rings (SSSR count). The Bertz CT molecular complexity index is 1010. The summed E-state index contributed by atoms with van der Waals surface area (Å²) in [5.74, 6) is 0.829. The first-order valence-corrected chi connectivity index (χ1v) is 11.3. The number of amides is 1. The molecule has 1 aromatic heterocycles. The summed E-state index contributed by atoms with van der Waals surface area (Å²) < 4.78 is 6.96. The fraction of sp³-hybridized carbons (Fsp3) is 0.364. The van der Waals surface area contributed by atoms with Crippen LogP contribution in [0.3, 0.4) is 0 Å². The third kappa shape index (κ3) is 3.92. The van der Waals surface area contributed by atoms with Crippen LogP contribution in [0.5, 0.6) is 5.75 Å². The van der Waals surface area contributed by atoms with E-state index in [2.05, 4.69) is 20.8 Å². The van der Waals surface area contributed by atoms with Gasteiger partial charge in [-0.1, -0.05) is 49.2 Å². The minimum Gasteiger partial charge on any atom is -0.497 e. The zero-order valence-corrected chi connectivity index (χ0v) is 18.0. The van der Waals surface area contributed by atoms with Gasteiger partial charge in [0.15, 0.2) is 0 Å². The van der Waals surface area contributed by atoms with Crippen molar-refractivity contribution in [2.24, 2.45) is 0 Å². The quantitative estimate of drug-likeness (QED) is 0.598. The van der Waals surface area contributed by atoms with Crippen molar-refractivity contribution >= 4 is 23.4 Å². The van der Waals surface area contributed by atoms with Gasteiger partial charge in [0.25, 0.3) is 0 Å². The van der Waals surface area contributed by atoms with Crippen LogP contribution >= 0.6 is 11.8 Å². The van der Waals surface area contributed by atoms with Gasteiger partial charge in [-0.15, -0.1) is 5.10 Å². The average molecular weight is 424 g/mol. The van der Waals surface area contributed by atoms with E-state index in [9.17, 15) is 4.79 Å². The van der Waals surface area contributed by atoms with Gasteiger partial charge >= 0.3 is 0 Å². The molecule has 30 heavy (non-hydrogen) atoms. The molecule has 0 atom stereocenters. The van der Waals surface area contributed by atoms with Crippen LogP contribution < -0.4 is 10.1 Å². The minimum absolute atomic E-state index is 0.0336. The lowest BCUT2D eigenvalue weighted by Gasteiger charge is -2.36. The Hall–Kier alpha value is -2.87. The second-order valence-electron chi connectivity index (χ2n) is 7.45. The summed E-state index contributed by atoms with van der Waals surface area (Å²) in [6.45, 7) is 0. The molecule has 0 saturated heterocycles. The van der Waals surface area contributed by atoms with Gasteiger partial charge in [0, 0.05) is 5.69 Å². The standard InChI is InChI=1S/C22H25N5O2S/c1-29-19-11-9-16(10-12-19)22(13-4-3-5-14-22)20(28)23-17-7-6-8-18(15-17)27-21(30-2)24-25-26-27/h6-12,15H,3-5,13-14H2,1-2H3,(H,23,28). The molecular weight excluding hydrogens is 398 g/mol. The summed E-state index contributed by atoms with van der Waals surface area (Å²) in [6, 6.07) is 15.5. The summed E-state index contributed by atoms with van der Waals surface area (Å²) in [5.41, 5.74) is 2.06. The van der Waals surface area contributed by atoms with E-state index in [0.29, 0.717) is 5.16 Å². The molecular formula is C22H25N5O2S. The number of carbonyl (C=O) groups excluding carboxylic acids is 1. The fourth-order valence-electron chi connectivity index (χ4n) is 4.15. The monoisotopic (exact) mass is 423 g/mol. The third-order valence-electron chi connectivity index (χ3n) is 5.76. The molecule has 0 spiro atoms. The molecule has 1 saturated carbocycles. The van der Waals surface area contributed by atoms with E-state index in [1.54, 1.807) is 11.8 Å². The van der Waals surface area contributed by atoms with Crippen LogP contribution in [0.4, 0.5) is 5.69 Å². The summed E-state index contributed by atoms with van der Waals surface area (Å²) in [6.07, 6.45) is 6.86. The number of hydrogen-bond acceptors (Lipinski definition) is 6. The van der Waals surface area contributed by atoms with E-state index in [4.69, 9.17) is 4.74 Å². The van der Waals surface area contributed by atoms with Crippen LogP contribution in [-0.4, -0.2) is 39.5 Å². The maximum atomic E-state index is 13.6. The first-order valence-electron chi connectivity index (χ1n) is 10.0. The number of methoxy groups -OCH3 is 1. The smallest absolute Gasteiger partial charge is 0.235 e. The summed E-state index contributed by atoms with van der Waals surface area (Å²) in [7, 11) is 1.65. The number of carbonyl (C=O) groups is 1. The van der Waals surface area contributed by atoms with Gasteiger partial charge in [-0.25, -0.2) is 0 Å². The van der Waals surface area contributed by atoms with Crippen molar-refractivity contribution in [1.82, 2.24) is 20.2 Å². The van der Waals surface area contributed by atoms with Gasteiger partial charge in [0.2, 0.25) is 11.1 Å². The molecule has 1 fully saturated rings. The number of tetrazole rings is 1. The molecule has 3 aromatic rings. The number of rotatable bonds is 6. The second kappa shape index (κ2) is 8.87. The van der Waals surface area contributed by atoms with Crippen LogP contribution in [0.1, 0.15) is 37.7 Å². The van der Waals surface area contributed by atoms with Gasteiger partial charge < -0.3 is 10.1 Å². The van der Waals surface area contributed by atoms with E-state index in [1.165, 1.54) is 11.8 Å². The summed E-state index contributed by atoms with van der Waals surface area (Å²) >= 11 is 1.47. The minimum atomic E-state index is -0.528. The summed E-state index contributed by atoms with van der Waals surface area (Å²) in [5, 5.41) is 15.7. The molecule has 1 N–H and O–H groups in total. The molecule has 0 radical (unpaired) electrons. The number of nitrogens with zero attached hydrogens (tertiary/aromatic N) is 4. The van der Waals surface area contributed by atoms with Crippen molar-refractivity contribution in [3.8, 4) is 11.4 Å². The van der Waals surface area contributed by atoms with Crippen LogP contribution in [0.25, 0.3) is 5.69 Å². The first-order chi connectivity index (χ1) is 14.7. The Kier molecular flexibility index (Phi) is 6.03. The summed E-state index contributed by atoms with van der Waals surface area (Å²) in [4.78, 5) is 13.6. The number of anilines is 1. The number of aromatic nitrogens is 4. The van der Waals surface area contributed by atoms with E-state index >= 15 is 0 Å². The Morgan fingerprint density at radius 3 is 2.60 bits per heavy atom. The number of thioether (sulfide) groups is 1. The van der Waals surface area contributed by atoms with Gasteiger partial charge in [-0.05, 0) is 65.4 Å². The number of nitrogens with one attached hydrogen (secondary N) is 1. The van der Waals surface area contributed by atoms with E-state index in [0.717, 1.165) is 54.8 Å². The van der Waals surface area contributed by atoms with Crippen LogP contribution in [-0.2, 0) is 10.2 Å². The molecule has 7 nitrogen and oxygen atoms in total. The van der Waals surface area contributed by atoms with Crippen molar-refractivity contribution in [3.05, 3.63) is 54.1 Å². The van der Waals surface area contributed by atoms with Crippen LogP contribution in [0, 0.1) is 0 Å². The molecule has 0 bridgehead atoms. The van der Waals surface area contributed by atoms with Crippen LogP contribution in [0.15, 0.2) is 53.7 Å². The van der Waals surface area contributed by atoms with Crippen molar-refractivity contribution < 1.29 is 9.53 Å². The highest BCUT2D eigenvalue weighted by Crippen LogP contribution is 2.41. The fourth-order valence-corrected chi connectivity index (χ4v) is 4.58. The largest absolute Gasteiger partial charge is 0.497 e. The lowest BCUT2D eigenvalue weighted by atomic mass is 9.68. The second-order valence-corrected chi connectivity index (χ2v) is 8.23. The molecule has 8 heteroatoms. The molecule has 0 unspecified atom stereocenters. The number of hydrogen-bond donors (Lipinski definition) is 1. The van der Waals surface area contributed by atoms with Crippen LogP contribution in [0.2, 0.25) is 0 Å². The maximum absolute atomic E-state index is 13.6. The van der Waals surface area contributed by atoms with Crippen molar-refractivity contribution in [1.29, 1.82) is 0 Å². The molecule has 0 aliphatic heterocycles. The van der Waals surface area contributed by atoms with Gasteiger partial charge in [0.05, 0.1) is 18.2 Å². The highest BCUT2D eigenvalue weighted by molar-refractivity contribution is 7.98. The van der Waals surface area contributed by atoms with Gasteiger partial charge in [-0.2, -0.15) is 4.68 Å². The predicted molar refractivity (Wildman–Crippen MR) is 117 cm³/mol. The zero-order valence-electron chi connectivity index (χ0n) is 17.2. The molecule has 2 aromatic carbocycles. The molecule has 1 aliphatic rings. The van der Waals surface area contributed by atoms with E-state index < -0.39 is 5.41 Å². The highest BCUT2D eigenvalue weighted by Gasteiger charge is 2.41. The predicted octanol–water partition coefficient (Wildman–Crippen LogP) is 4.23. The van der Waals surface area contributed by atoms with Gasteiger partial charge in [-0.3, -0.25) is 4.79 Å².